The van der Waals surface area contributed by atoms with Gasteiger partial charge in [0.15, 0.2) is 0 Å². The molecule has 0 aliphatic heterocycles. The number of alkyl carbamates (subject to hydrolysis) is 1. The molecule has 0 atom stereocenters. The largest absolute Gasteiger partial charge is 0.444 e. The van der Waals surface area contributed by atoms with Gasteiger partial charge in [0.05, 0.1) is 0 Å². The summed E-state index contributed by atoms with van der Waals surface area (Å²) < 4.78 is 5.13. The van der Waals surface area contributed by atoms with Crippen LogP contribution in [0.3, 0.4) is 0 Å². The van der Waals surface area contributed by atoms with Crippen LogP contribution in [0.4, 0.5) is 10.5 Å². The Morgan fingerprint density at radius 3 is 2.50 bits per heavy atom. The average molecular weight is 296 g/mol. The maximum Gasteiger partial charge on any atom is 0.407 e. The van der Waals surface area contributed by atoms with Gasteiger partial charge in [-0.25, -0.2) is 4.79 Å². The summed E-state index contributed by atoms with van der Waals surface area (Å²) in [6.07, 6.45) is 0.246. The Morgan fingerprint density at radius 1 is 1.30 bits per heavy atom. The standard InChI is InChI=1S/C14H20N2O3S/c1-14(2,3)19-13(18)15-8-9-20-12-6-4-11(5-7-12)16-10-17/h4-7,10H,8-9H2,1-3H3,(H,15,18)(H,16,17). The Bertz CT molecular complexity index is 441. The van der Waals surface area contributed by atoms with Crippen LogP contribution < -0.4 is 10.6 Å². The van der Waals surface area contributed by atoms with E-state index in [1.54, 1.807) is 11.8 Å². The van der Waals surface area contributed by atoms with Gasteiger partial charge in [0, 0.05) is 22.9 Å². The molecule has 0 saturated carbocycles. The molecular formula is C14H20N2O3S. The molecule has 0 fully saturated rings. The van der Waals surface area contributed by atoms with Crippen molar-refractivity contribution in [2.75, 3.05) is 17.6 Å². The van der Waals surface area contributed by atoms with Crippen molar-refractivity contribution in [2.45, 2.75) is 31.3 Å². The van der Waals surface area contributed by atoms with Gasteiger partial charge in [0.25, 0.3) is 0 Å². The highest BCUT2D eigenvalue weighted by atomic mass is 32.2. The average Bonchev–Trinajstić information content (AvgIpc) is 2.35. The summed E-state index contributed by atoms with van der Waals surface area (Å²) in [4.78, 5) is 22.7. The number of rotatable bonds is 6. The van der Waals surface area contributed by atoms with Gasteiger partial charge in [-0.15, -0.1) is 11.8 Å². The van der Waals surface area contributed by atoms with E-state index in [4.69, 9.17) is 4.74 Å². The van der Waals surface area contributed by atoms with E-state index in [0.29, 0.717) is 13.0 Å². The third kappa shape index (κ3) is 7.04. The SMILES string of the molecule is CC(C)(C)OC(=O)NCCSc1ccc(NC=O)cc1. The van der Waals surface area contributed by atoms with Crippen LogP contribution in [-0.2, 0) is 9.53 Å². The Kier molecular flexibility index (Phi) is 6.38. The zero-order chi connectivity index (χ0) is 15.0. The third-order valence-electron chi connectivity index (χ3n) is 2.12. The summed E-state index contributed by atoms with van der Waals surface area (Å²) in [6.45, 7) is 6.02. The van der Waals surface area contributed by atoms with Gasteiger partial charge in [0.1, 0.15) is 5.60 Å². The van der Waals surface area contributed by atoms with Crippen molar-refractivity contribution in [1.82, 2.24) is 5.32 Å². The summed E-state index contributed by atoms with van der Waals surface area (Å²) in [5.74, 6) is 0.750. The second kappa shape index (κ2) is 7.79. The second-order valence-corrected chi connectivity index (χ2v) is 6.23. The summed E-state index contributed by atoms with van der Waals surface area (Å²) in [6, 6.07) is 7.50. The van der Waals surface area contributed by atoms with Crippen molar-refractivity contribution in [1.29, 1.82) is 0 Å². The molecule has 1 aromatic rings. The number of ether oxygens (including phenoxy) is 1. The number of hydrogen-bond acceptors (Lipinski definition) is 4. The Morgan fingerprint density at radius 2 is 1.95 bits per heavy atom. The first-order valence-corrected chi connectivity index (χ1v) is 7.29. The number of carbonyl (C=O) groups excluding carboxylic acids is 2. The fourth-order valence-corrected chi connectivity index (χ4v) is 2.12. The lowest BCUT2D eigenvalue weighted by Gasteiger charge is -2.19. The van der Waals surface area contributed by atoms with E-state index in [9.17, 15) is 9.59 Å². The van der Waals surface area contributed by atoms with Crippen LogP contribution in [-0.4, -0.2) is 30.4 Å². The highest BCUT2D eigenvalue weighted by molar-refractivity contribution is 7.99. The van der Waals surface area contributed by atoms with Crippen LogP contribution in [0.5, 0.6) is 0 Å². The molecule has 5 nitrogen and oxygen atoms in total. The molecule has 0 heterocycles. The summed E-state index contributed by atoms with van der Waals surface area (Å²) >= 11 is 1.62. The number of amides is 2. The van der Waals surface area contributed by atoms with Crippen molar-refractivity contribution in [3.8, 4) is 0 Å². The number of thioether (sulfide) groups is 1. The molecule has 0 aliphatic rings. The molecule has 2 N–H and O–H groups in total. The first kappa shape index (κ1) is 16.4. The minimum Gasteiger partial charge on any atom is -0.444 e. The van der Waals surface area contributed by atoms with E-state index in [-0.39, 0.29) is 0 Å². The zero-order valence-corrected chi connectivity index (χ0v) is 12.8. The first-order valence-electron chi connectivity index (χ1n) is 6.30. The molecule has 110 valence electrons. The minimum absolute atomic E-state index is 0.399. The van der Waals surface area contributed by atoms with Crippen LogP contribution in [0.15, 0.2) is 29.2 Å². The van der Waals surface area contributed by atoms with Crippen LogP contribution in [0.1, 0.15) is 20.8 Å². The first-order chi connectivity index (χ1) is 9.40. The molecule has 6 heteroatoms. The predicted molar refractivity (Wildman–Crippen MR) is 81.1 cm³/mol. The molecule has 20 heavy (non-hydrogen) atoms. The molecule has 0 aliphatic carbocycles. The van der Waals surface area contributed by atoms with E-state index >= 15 is 0 Å². The number of hydrogen-bond donors (Lipinski definition) is 2. The highest BCUT2D eigenvalue weighted by Crippen LogP contribution is 2.19. The molecule has 2 amide bonds. The summed E-state index contributed by atoms with van der Waals surface area (Å²) in [7, 11) is 0. The molecule has 0 saturated heterocycles. The monoisotopic (exact) mass is 296 g/mol. The van der Waals surface area contributed by atoms with E-state index in [1.807, 2.05) is 45.0 Å². The number of anilines is 1. The molecular weight excluding hydrogens is 276 g/mol. The number of carbonyl (C=O) groups is 2. The van der Waals surface area contributed by atoms with Crippen molar-refractivity contribution in [2.24, 2.45) is 0 Å². The van der Waals surface area contributed by atoms with Gasteiger partial charge < -0.3 is 15.4 Å². The normalized spacial score (nSPS) is 10.8. The minimum atomic E-state index is -0.474. The third-order valence-corrected chi connectivity index (χ3v) is 3.13. The van der Waals surface area contributed by atoms with E-state index in [1.165, 1.54) is 0 Å². The number of benzene rings is 1. The van der Waals surface area contributed by atoms with Crippen LogP contribution in [0, 0.1) is 0 Å². The highest BCUT2D eigenvalue weighted by Gasteiger charge is 2.15. The van der Waals surface area contributed by atoms with Gasteiger partial charge in [0.2, 0.25) is 6.41 Å². The smallest absolute Gasteiger partial charge is 0.407 e. The van der Waals surface area contributed by atoms with Gasteiger partial charge in [-0.2, -0.15) is 0 Å². The Balaban J connectivity index is 2.24. The fourth-order valence-electron chi connectivity index (χ4n) is 1.35. The topological polar surface area (TPSA) is 67.4 Å². The molecule has 0 aromatic heterocycles. The maximum absolute atomic E-state index is 11.4. The lowest BCUT2D eigenvalue weighted by Crippen LogP contribution is -2.33. The van der Waals surface area contributed by atoms with Crippen molar-refractivity contribution in [3.63, 3.8) is 0 Å². The second-order valence-electron chi connectivity index (χ2n) is 5.06. The van der Waals surface area contributed by atoms with Gasteiger partial charge in [-0.3, -0.25) is 4.79 Å². The quantitative estimate of drug-likeness (QED) is 0.481. The maximum atomic E-state index is 11.4. The van der Waals surface area contributed by atoms with Crippen LogP contribution in [0.2, 0.25) is 0 Å². The van der Waals surface area contributed by atoms with E-state index in [0.717, 1.165) is 16.3 Å². The lowest BCUT2D eigenvalue weighted by atomic mass is 10.2. The van der Waals surface area contributed by atoms with Crippen LogP contribution in [0.25, 0.3) is 0 Å². The van der Waals surface area contributed by atoms with Gasteiger partial charge >= 0.3 is 6.09 Å². The van der Waals surface area contributed by atoms with Crippen molar-refractivity contribution >= 4 is 30.0 Å². The van der Waals surface area contributed by atoms with Crippen molar-refractivity contribution < 1.29 is 14.3 Å². The number of nitrogens with one attached hydrogen (secondary N) is 2. The molecule has 0 unspecified atom stereocenters. The predicted octanol–water partition coefficient (Wildman–Crippen LogP) is 2.87. The van der Waals surface area contributed by atoms with Crippen LogP contribution >= 0.6 is 11.8 Å². The van der Waals surface area contributed by atoms with Gasteiger partial charge in [-0.1, -0.05) is 0 Å². The molecule has 1 aromatic carbocycles. The molecule has 1 rings (SSSR count). The summed E-state index contributed by atoms with van der Waals surface area (Å²) in [5, 5.41) is 5.28. The fraction of sp³-hybridized carbons (Fsp3) is 0.429. The Labute approximate surface area is 123 Å². The Hall–Kier alpha value is -1.69. The lowest BCUT2D eigenvalue weighted by molar-refractivity contribution is -0.105. The molecule has 0 radical (unpaired) electrons. The van der Waals surface area contributed by atoms with Crippen molar-refractivity contribution in [3.05, 3.63) is 24.3 Å². The van der Waals surface area contributed by atoms with E-state index in [2.05, 4.69) is 10.6 Å². The zero-order valence-electron chi connectivity index (χ0n) is 11.9. The van der Waals surface area contributed by atoms with Gasteiger partial charge in [-0.05, 0) is 45.0 Å². The molecule has 0 spiro atoms. The van der Waals surface area contributed by atoms with E-state index < -0.39 is 11.7 Å². The molecule has 0 bridgehead atoms. The summed E-state index contributed by atoms with van der Waals surface area (Å²) in [5.41, 5.74) is 0.287.